The number of ether oxygens (including phenoxy) is 1. The molecule has 0 bridgehead atoms. The van der Waals surface area contributed by atoms with Crippen LogP contribution in [0.2, 0.25) is 0 Å². The Morgan fingerprint density at radius 1 is 1.39 bits per heavy atom. The smallest absolute Gasteiger partial charge is 0.329 e. The van der Waals surface area contributed by atoms with Crippen molar-refractivity contribution >= 4 is 11.8 Å². The summed E-state index contributed by atoms with van der Waals surface area (Å²) in [6.07, 6.45) is 2.43. The molecule has 1 aliphatic heterocycles. The van der Waals surface area contributed by atoms with Crippen LogP contribution in [0.25, 0.3) is 0 Å². The number of carboxylic acids is 1. The van der Waals surface area contributed by atoms with Crippen molar-refractivity contribution in [1.82, 2.24) is 9.97 Å². The molecule has 2 heterocycles. The van der Waals surface area contributed by atoms with Crippen LogP contribution in [0.15, 0.2) is 6.20 Å². The summed E-state index contributed by atoms with van der Waals surface area (Å²) in [4.78, 5) is 20.0. The number of nitrogens with zero attached hydrogens (tertiary/aromatic N) is 2. The molecule has 0 aromatic carbocycles. The molecule has 1 aliphatic rings. The van der Waals surface area contributed by atoms with Crippen LogP contribution in [0.5, 0.6) is 0 Å². The van der Waals surface area contributed by atoms with Crippen LogP contribution in [0.4, 0.5) is 5.82 Å². The second-order valence-electron chi connectivity index (χ2n) is 4.55. The summed E-state index contributed by atoms with van der Waals surface area (Å²) in [5.41, 5.74) is 0.652. The Hall–Kier alpha value is -1.69. The lowest BCUT2D eigenvalue weighted by Gasteiger charge is -2.34. The predicted molar refractivity (Wildman–Crippen MR) is 65.5 cm³/mol. The molecule has 2 rings (SSSR count). The molecule has 98 valence electrons. The van der Waals surface area contributed by atoms with E-state index >= 15 is 0 Å². The minimum atomic E-state index is -0.991. The molecule has 0 aliphatic carbocycles. The number of aliphatic carboxylic acids is 1. The highest BCUT2D eigenvalue weighted by molar-refractivity contribution is 5.82. The monoisotopic (exact) mass is 251 g/mol. The van der Waals surface area contributed by atoms with Crippen molar-refractivity contribution in [3.63, 3.8) is 0 Å². The summed E-state index contributed by atoms with van der Waals surface area (Å²) in [6, 6.07) is 0. The number of aryl methyl sites for hydroxylation is 2. The van der Waals surface area contributed by atoms with Crippen LogP contribution in [-0.4, -0.2) is 39.8 Å². The third kappa shape index (κ3) is 2.43. The van der Waals surface area contributed by atoms with Gasteiger partial charge in [0.15, 0.2) is 0 Å². The number of nitrogens with one attached hydrogen (secondary N) is 1. The van der Waals surface area contributed by atoms with Gasteiger partial charge in [0, 0.05) is 26.1 Å². The van der Waals surface area contributed by atoms with Gasteiger partial charge in [-0.25, -0.2) is 9.78 Å². The molecule has 2 N–H and O–H groups in total. The maximum Gasteiger partial charge on any atom is 0.329 e. The van der Waals surface area contributed by atoms with Gasteiger partial charge in [0.05, 0.1) is 17.6 Å². The van der Waals surface area contributed by atoms with Crippen molar-refractivity contribution in [1.29, 1.82) is 0 Å². The molecule has 6 nitrogen and oxygen atoms in total. The zero-order valence-electron chi connectivity index (χ0n) is 10.6. The molecule has 18 heavy (non-hydrogen) atoms. The molecule has 0 radical (unpaired) electrons. The molecule has 0 atom stereocenters. The summed E-state index contributed by atoms with van der Waals surface area (Å²) in [5.74, 6) is -0.367. The lowest BCUT2D eigenvalue weighted by atomic mass is 9.90. The molecule has 6 heteroatoms. The van der Waals surface area contributed by atoms with Gasteiger partial charge in [-0.3, -0.25) is 4.98 Å². The lowest BCUT2D eigenvalue weighted by molar-refractivity contribution is -0.145. The number of rotatable bonds is 3. The molecular weight excluding hydrogens is 234 g/mol. The Kier molecular flexibility index (Phi) is 3.47. The SMILES string of the molecule is Cc1ncc(NC2(C(=O)O)CCOCC2)nc1C. The highest BCUT2D eigenvalue weighted by atomic mass is 16.5. The van der Waals surface area contributed by atoms with Crippen molar-refractivity contribution < 1.29 is 14.6 Å². The van der Waals surface area contributed by atoms with Crippen LogP contribution in [0.3, 0.4) is 0 Å². The first kappa shape index (κ1) is 12.8. The molecule has 0 amide bonds. The Labute approximate surface area is 105 Å². The average Bonchev–Trinajstić information content (AvgIpc) is 2.35. The second kappa shape index (κ2) is 4.89. The normalized spacial score (nSPS) is 18.3. The fourth-order valence-electron chi connectivity index (χ4n) is 1.96. The molecular formula is C12H17N3O3. The van der Waals surface area contributed by atoms with E-state index in [1.807, 2.05) is 13.8 Å². The summed E-state index contributed by atoms with van der Waals surface area (Å²) < 4.78 is 5.22. The fraction of sp³-hybridized carbons (Fsp3) is 0.583. The van der Waals surface area contributed by atoms with Crippen molar-refractivity contribution in [3.8, 4) is 0 Å². The van der Waals surface area contributed by atoms with Crippen molar-refractivity contribution in [2.45, 2.75) is 32.2 Å². The van der Waals surface area contributed by atoms with E-state index in [0.29, 0.717) is 31.9 Å². The van der Waals surface area contributed by atoms with Crippen LogP contribution in [-0.2, 0) is 9.53 Å². The predicted octanol–water partition coefficient (Wildman–Crippen LogP) is 1.14. The Bertz CT molecular complexity index is 456. The lowest BCUT2D eigenvalue weighted by Crippen LogP contribution is -2.50. The van der Waals surface area contributed by atoms with Gasteiger partial charge in [-0.2, -0.15) is 0 Å². The molecule has 1 fully saturated rings. The second-order valence-corrected chi connectivity index (χ2v) is 4.55. The molecule has 1 aromatic rings. The van der Waals surface area contributed by atoms with E-state index < -0.39 is 11.5 Å². The van der Waals surface area contributed by atoms with Gasteiger partial charge in [0.25, 0.3) is 0 Å². The number of hydrogen-bond acceptors (Lipinski definition) is 5. The standard InChI is InChI=1S/C12H17N3O3/c1-8-9(2)14-10(7-13-8)15-12(11(16)17)3-5-18-6-4-12/h7H,3-6H2,1-2H3,(H,14,15)(H,16,17). The summed E-state index contributed by atoms with van der Waals surface area (Å²) in [6.45, 7) is 4.60. The van der Waals surface area contributed by atoms with Crippen molar-refractivity contribution in [3.05, 3.63) is 17.6 Å². The van der Waals surface area contributed by atoms with Crippen LogP contribution >= 0.6 is 0 Å². The van der Waals surface area contributed by atoms with E-state index in [-0.39, 0.29) is 0 Å². The van der Waals surface area contributed by atoms with Crippen LogP contribution < -0.4 is 5.32 Å². The quantitative estimate of drug-likeness (QED) is 0.838. The molecule has 0 spiro atoms. The van der Waals surface area contributed by atoms with E-state index in [1.165, 1.54) is 0 Å². The van der Waals surface area contributed by atoms with Gasteiger partial charge in [0.2, 0.25) is 0 Å². The molecule has 1 saturated heterocycles. The summed E-state index contributed by atoms with van der Waals surface area (Å²) in [7, 11) is 0. The Morgan fingerprint density at radius 2 is 2.06 bits per heavy atom. The van der Waals surface area contributed by atoms with E-state index in [1.54, 1.807) is 6.20 Å². The fourth-order valence-corrected chi connectivity index (χ4v) is 1.96. The minimum Gasteiger partial charge on any atom is -0.480 e. The third-order valence-corrected chi connectivity index (χ3v) is 3.32. The zero-order chi connectivity index (χ0) is 13.2. The number of hydrogen-bond donors (Lipinski definition) is 2. The highest BCUT2D eigenvalue weighted by Gasteiger charge is 2.40. The first-order valence-electron chi connectivity index (χ1n) is 5.93. The number of carboxylic acid groups (broad SMARTS) is 1. The topological polar surface area (TPSA) is 84.3 Å². The van der Waals surface area contributed by atoms with E-state index in [9.17, 15) is 9.90 Å². The number of aromatic nitrogens is 2. The van der Waals surface area contributed by atoms with Crippen molar-refractivity contribution in [2.75, 3.05) is 18.5 Å². The van der Waals surface area contributed by atoms with E-state index in [0.717, 1.165) is 11.4 Å². The maximum atomic E-state index is 11.5. The van der Waals surface area contributed by atoms with E-state index in [2.05, 4.69) is 15.3 Å². The number of carbonyl (C=O) groups is 1. The molecule has 0 unspecified atom stereocenters. The molecule has 0 saturated carbocycles. The minimum absolute atomic E-state index is 0.428. The Balaban J connectivity index is 2.23. The number of anilines is 1. The average molecular weight is 251 g/mol. The van der Waals surface area contributed by atoms with Crippen LogP contribution in [0, 0.1) is 13.8 Å². The Morgan fingerprint density at radius 3 is 2.61 bits per heavy atom. The van der Waals surface area contributed by atoms with Gasteiger partial charge in [-0.15, -0.1) is 0 Å². The molecule has 1 aromatic heterocycles. The highest BCUT2D eigenvalue weighted by Crippen LogP contribution is 2.25. The largest absolute Gasteiger partial charge is 0.480 e. The van der Waals surface area contributed by atoms with Gasteiger partial charge in [-0.05, 0) is 13.8 Å². The van der Waals surface area contributed by atoms with Crippen molar-refractivity contribution in [2.24, 2.45) is 0 Å². The van der Waals surface area contributed by atoms with Gasteiger partial charge >= 0.3 is 5.97 Å². The van der Waals surface area contributed by atoms with Gasteiger partial charge < -0.3 is 15.2 Å². The first-order chi connectivity index (χ1) is 8.53. The summed E-state index contributed by atoms with van der Waals surface area (Å²) in [5, 5.41) is 12.4. The first-order valence-corrected chi connectivity index (χ1v) is 5.93. The third-order valence-electron chi connectivity index (χ3n) is 3.32. The van der Waals surface area contributed by atoms with Crippen LogP contribution in [0.1, 0.15) is 24.2 Å². The van der Waals surface area contributed by atoms with Gasteiger partial charge in [0.1, 0.15) is 11.4 Å². The summed E-state index contributed by atoms with van der Waals surface area (Å²) >= 11 is 0. The van der Waals surface area contributed by atoms with E-state index in [4.69, 9.17) is 4.74 Å². The maximum absolute atomic E-state index is 11.5. The zero-order valence-corrected chi connectivity index (χ0v) is 10.6. The van der Waals surface area contributed by atoms with Gasteiger partial charge in [-0.1, -0.05) is 0 Å².